The number of hydrogen-bond acceptors (Lipinski definition) is 4. The third-order valence-corrected chi connectivity index (χ3v) is 10.9. The Morgan fingerprint density at radius 2 is 1.46 bits per heavy atom. The zero-order valence-corrected chi connectivity index (χ0v) is 24.3. The van der Waals surface area contributed by atoms with E-state index in [1.165, 1.54) is 25.7 Å². The normalized spacial score (nSPS) is 33.5. The number of carboxylic acids is 1. The molecule has 224 valence electrons. The standard InChI is InChI=1S/C33H47N3O5/c37-29(35-26-6-10-28(11-7-26)41-27-8-4-25(5-9-27)30(38)39)20-32(12-2-1-3-13-32)21-34-31(40)36-33-17-22-14-23(18-33)16-24(15-22)19-33/h4-5,8-9,22-24,26,28H,1-3,6-7,10-21H2,(H,35,37)(H,38,39)(H2,34,36,40). The molecule has 0 atom stereocenters. The molecule has 0 heterocycles. The molecule has 7 rings (SSSR count). The van der Waals surface area contributed by atoms with E-state index in [2.05, 4.69) is 16.0 Å². The zero-order chi connectivity index (χ0) is 28.5. The van der Waals surface area contributed by atoms with Crippen molar-refractivity contribution in [2.75, 3.05) is 6.54 Å². The Morgan fingerprint density at radius 1 is 0.854 bits per heavy atom. The van der Waals surface area contributed by atoms with Gasteiger partial charge in [-0.3, -0.25) is 4.79 Å². The van der Waals surface area contributed by atoms with Crippen molar-refractivity contribution in [3.63, 3.8) is 0 Å². The lowest BCUT2D eigenvalue weighted by atomic mass is 9.53. The molecule has 8 nitrogen and oxygen atoms in total. The van der Waals surface area contributed by atoms with Gasteiger partial charge in [0.2, 0.25) is 5.91 Å². The number of hydrogen-bond donors (Lipinski definition) is 4. The lowest BCUT2D eigenvalue weighted by Gasteiger charge is -2.56. The van der Waals surface area contributed by atoms with Crippen molar-refractivity contribution in [2.45, 2.75) is 120 Å². The van der Waals surface area contributed by atoms with Gasteiger partial charge in [-0.05, 0) is 124 Å². The molecule has 3 amide bonds. The molecule has 6 fully saturated rings. The van der Waals surface area contributed by atoms with Crippen LogP contribution in [0.5, 0.6) is 5.75 Å². The van der Waals surface area contributed by atoms with Crippen LogP contribution in [-0.2, 0) is 4.79 Å². The number of carbonyl (C=O) groups excluding carboxylic acids is 2. The molecule has 1 aromatic carbocycles. The van der Waals surface area contributed by atoms with Gasteiger partial charge < -0.3 is 25.8 Å². The number of carboxylic acid groups (broad SMARTS) is 1. The van der Waals surface area contributed by atoms with Gasteiger partial charge in [-0.15, -0.1) is 0 Å². The van der Waals surface area contributed by atoms with E-state index >= 15 is 0 Å². The summed E-state index contributed by atoms with van der Waals surface area (Å²) in [5.74, 6) is 2.22. The third kappa shape index (κ3) is 6.83. The minimum atomic E-state index is -0.945. The molecule has 0 aliphatic heterocycles. The van der Waals surface area contributed by atoms with Gasteiger partial charge in [0.05, 0.1) is 11.7 Å². The van der Waals surface area contributed by atoms with E-state index in [9.17, 15) is 14.4 Å². The molecular weight excluding hydrogens is 518 g/mol. The van der Waals surface area contributed by atoms with Gasteiger partial charge in [0.25, 0.3) is 0 Å². The first kappa shape index (κ1) is 28.4. The first-order chi connectivity index (χ1) is 19.8. The fourth-order valence-corrected chi connectivity index (χ4v) is 9.35. The van der Waals surface area contributed by atoms with Crippen molar-refractivity contribution in [2.24, 2.45) is 23.2 Å². The van der Waals surface area contributed by atoms with Crippen molar-refractivity contribution in [1.82, 2.24) is 16.0 Å². The highest BCUT2D eigenvalue weighted by Crippen LogP contribution is 2.55. The van der Waals surface area contributed by atoms with Crippen LogP contribution in [0.3, 0.4) is 0 Å². The summed E-state index contributed by atoms with van der Waals surface area (Å²) in [7, 11) is 0. The van der Waals surface area contributed by atoms with E-state index in [-0.39, 0.29) is 40.6 Å². The Bertz CT molecular complexity index is 1070. The third-order valence-electron chi connectivity index (χ3n) is 10.9. The summed E-state index contributed by atoms with van der Waals surface area (Å²) >= 11 is 0. The minimum Gasteiger partial charge on any atom is -0.490 e. The molecule has 4 bridgehead atoms. The van der Waals surface area contributed by atoms with Gasteiger partial charge in [0.1, 0.15) is 5.75 Å². The van der Waals surface area contributed by atoms with E-state index < -0.39 is 5.97 Å². The van der Waals surface area contributed by atoms with Crippen LogP contribution in [0.25, 0.3) is 0 Å². The molecule has 6 saturated carbocycles. The second-order valence-corrected chi connectivity index (χ2v) is 14.2. The van der Waals surface area contributed by atoms with Crippen LogP contribution in [0, 0.1) is 23.2 Å². The minimum absolute atomic E-state index is 0.000413. The predicted octanol–water partition coefficient (Wildman–Crippen LogP) is 5.80. The Kier molecular flexibility index (Phi) is 8.19. The number of nitrogens with one attached hydrogen (secondary N) is 3. The Morgan fingerprint density at radius 3 is 2.05 bits per heavy atom. The van der Waals surface area contributed by atoms with Gasteiger partial charge in [-0.25, -0.2) is 9.59 Å². The van der Waals surface area contributed by atoms with Gasteiger partial charge in [0, 0.05) is 24.5 Å². The Balaban J connectivity index is 0.961. The van der Waals surface area contributed by atoms with Gasteiger partial charge in [-0.2, -0.15) is 0 Å². The van der Waals surface area contributed by atoms with Crippen molar-refractivity contribution in [1.29, 1.82) is 0 Å². The fourth-order valence-electron chi connectivity index (χ4n) is 9.35. The molecule has 0 saturated heterocycles. The number of amides is 3. The van der Waals surface area contributed by atoms with Crippen LogP contribution in [0.4, 0.5) is 4.79 Å². The number of carbonyl (C=O) groups is 3. The van der Waals surface area contributed by atoms with Crippen LogP contribution >= 0.6 is 0 Å². The smallest absolute Gasteiger partial charge is 0.335 e. The van der Waals surface area contributed by atoms with Crippen LogP contribution in [-0.4, -0.2) is 47.2 Å². The summed E-state index contributed by atoms with van der Waals surface area (Å²) in [5, 5.41) is 19.0. The summed E-state index contributed by atoms with van der Waals surface area (Å²) < 4.78 is 6.07. The highest BCUT2D eigenvalue weighted by molar-refractivity contribution is 5.87. The zero-order valence-electron chi connectivity index (χ0n) is 24.3. The van der Waals surface area contributed by atoms with Crippen molar-refractivity contribution in [3.05, 3.63) is 29.8 Å². The van der Waals surface area contributed by atoms with Crippen molar-refractivity contribution >= 4 is 17.9 Å². The summed E-state index contributed by atoms with van der Waals surface area (Å²) in [6.07, 6.45) is 16.9. The van der Waals surface area contributed by atoms with E-state index in [1.807, 2.05) is 0 Å². The van der Waals surface area contributed by atoms with E-state index in [1.54, 1.807) is 24.3 Å². The molecule has 0 spiro atoms. The molecule has 0 radical (unpaired) electrons. The number of urea groups is 1. The van der Waals surface area contributed by atoms with Crippen LogP contribution in [0.1, 0.15) is 113 Å². The van der Waals surface area contributed by atoms with Crippen LogP contribution in [0.15, 0.2) is 24.3 Å². The van der Waals surface area contributed by atoms with Gasteiger partial charge in [-0.1, -0.05) is 19.3 Å². The first-order valence-electron chi connectivity index (χ1n) is 16.1. The summed E-state index contributed by atoms with van der Waals surface area (Å²) in [4.78, 5) is 37.5. The monoisotopic (exact) mass is 565 g/mol. The second kappa shape index (κ2) is 11.8. The maximum absolute atomic E-state index is 13.3. The average Bonchev–Trinajstić information content (AvgIpc) is 2.93. The van der Waals surface area contributed by atoms with Gasteiger partial charge in [0.15, 0.2) is 0 Å². The number of aromatic carboxylic acids is 1. The molecular formula is C33H47N3O5. The lowest BCUT2D eigenvalue weighted by Crippen LogP contribution is -2.62. The maximum Gasteiger partial charge on any atom is 0.335 e. The van der Waals surface area contributed by atoms with Crippen LogP contribution in [0.2, 0.25) is 0 Å². The summed E-state index contributed by atoms with van der Waals surface area (Å²) in [5.41, 5.74) is 0.0854. The number of ether oxygens (including phenoxy) is 1. The van der Waals surface area contributed by atoms with Crippen LogP contribution < -0.4 is 20.7 Å². The Labute approximate surface area is 243 Å². The number of rotatable bonds is 9. The maximum atomic E-state index is 13.3. The number of benzene rings is 1. The topological polar surface area (TPSA) is 117 Å². The summed E-state index contributed by atoms with van der Waals surface area (Å²) in [6.45, 7) is 0.569. The highest BCUT2D eigenvalue weighted by Gasteiger charge is 2.51. The van der Waals surface area contributed by atoms with E-state index in [0.717, 1.165) is 88.4 Å². The summed E-state index contributed by atoms with van der Waals surface area (Å²) in [6, 6.07) is 6.65. The van der Waals surface area contributed by atoms with E-state index in [4.69, 9.17) is 9.84 Å². The van der Waals surface area contributed by atoms with E-state index in [0.29, 0.717) is 18.7 Å². The SMILES string of the molecule is O=C(CC1(CNC(=O)NC23CC4CC(CC(C4)C2)C3)CCCCC1)NC1CCC(Oc2ccc(C(=O)O)cc2)CC1. The largest absolute Gasteiger partial charge is 0.490 e. The molecule has 0 aromatic heterocycles. The quantitative estimate of drug-likeness (QED) is 0.302. The molecule has 0 unspecified atom stereocenters. The molecule has 1 aromatic rings. The Hall–Kier alpha value is -2.77. The average molecular weight is 566 g/mol. The molecule has 4 N–H and O–H groups in total. The predicted molar refractivity (Wildman–Crippen MR) is 156 cm³/mol. The van der Waals surface area contributed by atoms with Crippen molar-refractivity contribution < 1.29 is 24.2 Å². The fraction of sp³-hybridized carbons (Fsp3) is 0.727. The van der Waals surface area contributed by atoms with Gasteiger partial charge >= 0.3 is 12.0 Å². The highest BCUT2D eigenvalue weighted by atomic mass is 16.5. The molecule has 6 aliphatic rings. The lowest BCUT2D eigenvalue weighted by molar-refractivity contribution is -0.125. The second-order valence-electron chi connectivity index (χ2n) is 14.2. The molecule has 41 heavy (non-hydrogen) atoms. The molecule has 6 aliphatic carbocycles. The van der Waals surface area contributed by atoms with Crippen molar-refractivity contribution in [3.8, 4) is 5.75 Å². The first-order valence-corrected chi connectivity index (χ1v) is 16.1. The molecule has 8 heteroatoms.